The van der Waals surface area contributed by atoms with Crippen LogP contribution in [0.3, 0.4) is 0 Å². The van der Waals surface area contributed by atoms with Gasteiger partial charge in [0, 0.05) is 0 Å². The van der Waals surface area contributed by atoms with Crippen molar-refractivity contribution in [1.82, 2.24) is 0 Å². The monoisotopic (exact) mass is 494 g/mol. The molecule has 0 saturated heterocycles. The van der Waals surface area contributed by atoms with Gasteiger partial charge in [-0.15, -0.1) is 0 Å². The van der Waals surface area contributed by atoms with Crippen molar-refractivity contribution in [2.45, 2.75) is 155 Å². The summed E-state index contributed by atoms with van der Waals surface area (Å²) in [5, 5.41) is 0.271. The van der Waals surface area contributed by atoms with E-state index in [0.29, 0.717) is 0 Å². The summed E-state index contributed by atoms with van der Waals surface area (Å²) in [5.41, 5.74) is 2.10. The summed E-state index contributed by atoms with van der Waals surface area (Å²) in [5.74, 6) is 0. The molecule has 0 aromatic heterocycles. The first-order valence-electron chi connectivity index (χ1n) is 14.7. The summed E-state index contributed by atoms with van der Waals surface area (Å²) in [4.78, 5) is 19.8. The molecular formula is C30H55O3P. The van der Waals surface area contributed by atoms with Gasteiger partial charge in [-0.3, -0.25) is 4.57 Å². The van der Waals surface area contributed by atoms with Crippen molar-refractivity contribution in [2.24, 2.45) is 0 Å². The molecule has 1 aromatic rings. The molecule has 2 N–H and O–H groups in total. The second-order valence-electron chi connectivity index (χ2n) is 10.3. The van der Waals surface area contributed by atoms with Gasteiger partial charge in [-0.2, -0.15) is 0 Å². The topological polar surface area (TPSA) is 57.5 Å². The average Bonchev–Trinajstić information content (AvgIpc) is 2.81. The molecule has 0 bridgehead atoms. The van der Waals surface area contributed by atoms with Crippen molar-refractivity contribution in [3.05, 3.63) is 29.3 Å². The minimum atomic E-state index is -4.23. The molecule has 0 saturated carbocycles. The van der Waals surface area contributed by atoms with Gasteiger partial charge in [-0.1, -0.05) is 142 Å². The summed E-state index contributed by atoms with van der Waals surface area (Å²) in [6.45, 7) is 4.52. The molecule has 34 heavy (non-hydrogen) atoms. The Morgan fingerprint density at radius 3 is 1.35 bits per heavy atom. The molecule has 0 spiro atoms. The van der Waals surface area contributed by atoms with E-state index in [2.05, 4.69) is 19.9 Å². The Morgan fingerprint density at radius 1 is 0.559 bits per heavy atom. The minimum absolute atomic E-state index is 0.271. The largest absolute Gasteiger partial charge is 0.356 e. The van der Waals surface area contributed by atoms with E-state index < -0.39 is 7.60 Å². The van der Waals surface area contributed by atoms with Crippen LogP contribution in [0.2, 0.25) is 0 Å². The Hall–Kier alpha value is -0.630. The zero-order valence-electron chi connectivity index (χ0n) is 22.5. The molecule has 0 aliphatic heterocycles. The van der Waals surface area contributed by atoms with E-state index in [1.54, 1.807) is 6.07 Å². The summed E-state index contributed by atoms with van der Waals surface area (Å²) in [6, 6.07) is 5.58. The SMILES string of the molecule is CCCCCCCCCCCCc1cccc(P(=O)(O)O)c1CCCCCCCCCCCC. The Bertz CT molecular complexity index is 652. The number of benzene rings is 1. The zero-order chi connectivity index (χ0) is 24.9. The van der Waals surface area contributed by atoms with E-state index in [-0.39, 0.29) is 5.30 Å². The first-order valence-corrected chi connectivity index (χ1v) is 16.3. The van der Waals surface area contributed by atoms with Crippen molar-refractivity contribution in [3.63, 3.8) is 0 Å². The van der Waals surface area contributed by atoms with Gasteiger partial charge in [0.05, 0.1) is 5.30 Å². The van der Waals surface area contributed by atoms with Crippen LogP contribution < -0.4 is 5.30 Å². The molecular weight excluding hydrogens is 439 g/mol. The molecule has 0 unspecified atom stereocenters. The van der Waals surface area contributed by atoms with E-state index in [0.717, 1.165) is 43.2 Å². The molecule has 0 aliphatic rings. The van der Waals surface area contributed by atoms with Crippen LogP contribution in [0, 0.1) is 0 Å². The molecule has 4 heteroatoms. The fraction of sp³-hybridized carbons (Fsp3) is 0.800. The quantitative estimate of drug-likeness (QED) is 0.118. The van der Waals surface area contributed by atoms with Crippen LogP contribution in [0.5, 0.6) is 0 Å². The number of unbranched alkanes of at least 4 members (excludes halogenated alkanes) is 18. The average molecular weight is 495 g/mol. The Morgan fingerprint density at radius 2 is 0.941 bits per heavy atom. The van der Waals surface area contributed by atoms with Crippen LogP contribution in [0.15, 0.2) is 18.2 Å². The van der Waals surface area contributed by atoms with Gasteiger partial charge in [0.25, 0.3) is 0 Å². The van der Waals surface area contributed by atoms with E-state index in [4.69, 9.17) is 0 Å². The number of hydrogen-bond acceptors (Lipinski definition) is 1. The molecule has 0 amide bonds. The normalized spacial score (nSPS) is 11.9. The summed E-state index contributed by atoms with van der Waals surface area (Å²) >= 11 is 0. The van der Waals surface area contributed by atoms with E-state index >= 15 is 0 Å². The maximum absolute atomic E-state index is 12.1. The molecule has 3 nitrogen and oxygen atoms in total. The van der Waals surface area contributed by atoms with E-state index in [1.807, 2.05) is 6.07 Å². The van der Waals surface area contributed by atoms with Crippen LogP contribution in [-0.4, -0.2) is 9.79 Å². The third kappa shape index (κ3) is 15.4. The zero-order valence-corrected chi connectivity index (χ0v) is 23.4. The van der Waals surface area contributed by atoms with Gasteiger partial charge in [0.15, 0.2) is 0 Å². The highest BCUT2D eigenvalue weighted by atomic mass is 31.2. The third-order valence-corrected chi connectivity index (χ3v) is 8.19. The van der Waals surface area contributed by atoms with Gasteiger partial charge in [0.1, 0.15) is 0 Å². The first-order chi connectivity index (χ1) is 16.5. The van der Waals surface area contributed by atoms with Crippen LogP contribution in [-0.2, 0) is 17.4 Å². The molecule has 0 aliphatic carbocycles. The van der Waals surface area contributed by atoms with Crippen molar-refractivity contribution in [3.8, 4) is 0 Å². The Kier molecular flexibility index (Phi) is 19.0. The van der Waals surface area contributed by atoms with Crippen LogP contribution in [0.25, 0.3) is 0 Å². The van der Waals surface area contributed by atoms with Gasteiger partial charge in [0.2, 0.25) is 0 Å². The number of hydrogen-bond donors (Lipinski definition) is 2. The fourth-order valence-corrected chi connectivity index (χ4v) is 5.90. The lowest BCUT2D eigenvalue weighted by Crippen LogP contribution is -2.14. The number of rotatable bonds is 23. The second-order valence-corrected chi connectivity index (χ2v) is 11.9. The maximum Gasteiger partial charge on any atom is 0.356 e. The molecule has 198 valence electrons. The van der Waals surface area contributed by atoms with Crippen molar-refractivity contribution in [1.29, 1.82) is 0 Å². The summed E-state index contributed by atoms with van der Waals surface area (Å²) < 4.78 is 12.1. The Balaban J connectivity index is 2.37. The predicted molar refractivity (Wildman–Crippen MR) is 149 cm³/mol. The Labute approximate surface area is 211 Å². The lowest BCUT2D eigenvalue weighted by atomic mass is 9.96. The van der Waals surface area contributed by atoms with Crippen molar-refractivity contribution < 1.29 is 14.4 Å². The van der Waals surface area contributed by atoms with Crippen LogP contribution in [0.1, 0.15) is 153 Å². The van der Waals surface area contributed by atoms with Crippen LogP contribution >= 0.6 is 7.60 Å². The molecule has 0 fully saturated rings. The maximum atomic E-state index is 12.1. The molecule has 1 rings (SSSR count). The van der Waals surface area contributed by atoms with Gasteiger partial charge >= 0.3 is 7.60 Å². The van der Waals surface area contributed by atoms with E-state index in [9.17, 15) is 14.4 Å². The summed E-state index contributed by atoms with van der Waals surface area (Å²) in [7, 11) is -4.23. The molecule has 0 atom stereocenters. The lowest BCUT2D eigenvalue weighted by Gasteiger charge is -2.16. The highest BCUT2D eigenvalue weighted by Crippen LogP contribution is 2.36. The number of aryl methyl sites for hydroxylation is 1. The summed E-state index contributed by atoms with van der Waals surface area (Å²) in [6.07, 6.45) is 27.6. The predicted octanol–water partition coefficient (Wildman–Crippen LogP) is 9.42. The van der Waals surface area contributed by atoms with Crippen LogP contribution in [0.4, 0.5) is 0 Å². The smallest absolute Gasteiger partial charge is 0.321 e. The molecule has 0 radical (unpaired) electrons. The van der Waals surface area contributed by atoms with Crippen molar-refractivity contribution in [2.75, 3.05) is 0 Å². The van der Waals surface area contributed by atoms with Gasteiger partial charge < -0.3 is 9.79 Å². The molecule has 0 heterocycles. The second kappa shape index (κ2) is 20.6. The lowest BCUT2D eigenvalue weighted by molar-refractivity contribution is 0.387. The molecule has 1 aromatic carbocycles. The van der Waals surface area contributed by atoms with E-state index in [1.165, 1.54) is 109 Å². The van der Waals surface area contributed by atoms with Gasteiger partial charge in [-0.25, -0.2) is 0 Å². The van der Waals surface area contributed by atoms with Crippen molar-refractivity contribution >= 4 is 12.9 Å². The third-order valence-electron chi connectivity index (χ3n) is 7.14. The van der Waals surface area contributed by atoms with Gasteiger partial charge in [-0.05, 0) is 42.9 Å². The fourth-order valence-electron chi connectivity index (χ4n) is 5.01. The standard InChI is InChI=1S/C30H55O3P/c1-3-5-7-9-11-13-15-17-19-21-24-28-25-23-27-30(34(31,32)33)29(28)26-22-20-18-16-14-12-10-8-6-4-2/h23,25,27H,3-22,24,26H2,1-2H3,(H2,31,32,33). The first kappa shape index (κ1) is 31.4. The minimum Gasteiger partial charge on any atom is -0.321 e. The highest BCUT2D eigenvalue weighted by Gasteiger charge is 2.22. The highest BCUT2D eigenvalue weighted by molar-refractivity contribution is 7.60.